The minimum atomic E-state index is -0.180. The molecule has 0 heterocycles. The lowest BCUT2D eigenvalue weighted by molar-refractivity contribution is -0.118. The average Bonchev–Trinajstić information content (AvgIpc) is 1.84. The van der Waals surface area contributed by atoms with Crippen LogP contribution in [-0.2, 0) is 9.63 Å². The largest absolute Gasteiger partial charge is 0.302 e. The van der Waals surface area contributed by atoms with Crippen LogP contribution in [0.25, 0.3) is 0 Å². The van der Waals surface area contributed by atoms with Gasteiger partial charge in [-0.3, -0.25) is 4.84 Å². The van der Waals surface area contributed by atoms with Crippen molar-refractivity contribution in [2.75, 3.05) is 0 Å². The molecule has 10 heavy (non-hydrogen) atoms. The van der Waals surface area contributed by atoms with Gasteiger partial charge in [-0.15, -0.1) is 0 Å². The lowest BCUT2D eigenvalue weighted by Crippen LogP contribution is -2.35. The fourth-order valence-electron chi connectivity index (χ4n) is 0.720. The third-order valence-electron chi connectivity index (χ3n) is 1.68. The molecule has 1 rings (SSSR count). The Kier molecular flexibility index (Phi) is 2.83. The standard InChI is InChI=1S/C7H13NO2/c1-6(5-9)8-10-7-3-2-4-7/h5-8H,2-4H2,1H3/t6-/m0/s1. The molecule has 1 atom stereocenters. The van der Waals surface area contributed by atoms with Gasteiger partial charge >= 0.3 is 0 Å². The second kappa shape index (κ2) is 3.68. The predicted octanol–water partition coefficient (Wildman–Crippen LogP) is 0.647. The maximum Gasteiger partial charge on any atom is 0.138 e. The SMILES string of the molecule is C[C@@H](C=O)NOC1CCC1. The van der Waals surface area contributed by atoms with E-state index in [0.29, 0.717) is 6.10 Å². The van der Waals surface area contributed by atoms with Gasteiger partial charge in [0.25, 0.3) is 0 Å². The summed E-state index contributed by atoms with van der Waals surface area (Å²) in [5, 5.41) is 0. The smallest absolute Gasteiger partial charge is 0.138 e. The summed E-state index contributed by atoms with van der Waals surface area (Å²) in [6.45, 7) is 1.77. The van der Waals surface area contributed by atoms with Crippen molar-refractivity contribution >= 4 is 6.29 Å². The fourth-order valence-corrected chi connectivity index (χ4v) is 0.720. The molecule has 1 fully saturated rings. The summed E-state index contributed by atoms with van der Waals surface area (Å²) >= 11 is 0. The molecule has 0 radical (unpaired) electrons. The number of carbonyl (C=O) groups excluding carboxylic acids is 1. The second-order valence-electron chi connectivity index (χ2n) is 2.71. The van der Waals surface area contributed by atoms with Crippen molar-refractivity contribution in [3.05, 3.63) is 0 Å². The molecule has 0 saturated heterocycles. The molecule has 1 saturated carbocycles. The zero-order valence-electron chi connectivity index (χ0n) is 6.17. The van der Waals surface area contributed by atoms with Crippen LogP contribution in [0, 0.1) is 0 Å². The summed E-state index contributed by atoms with van der Waals surface area (Å²) in [5.74, 6) is 0. The summed E-state index contributed by atoms with van der Waals surface area (Å²) in [4.78, 5) is 15.2. The van der Waals surface area contributed by atoms with Gasteiger partial charge in [0.1, 0.15) is 6.29 Å². The first-order chi connectivity index (χ1) is 4.83. The molecule has 0 amide bonds. The number of aldehydes is 1. The van der Waals surface area contributed by atoms with Crippen molar-refractivity contribution in [2.24, 2.45) is 0 Å². The van der Waals surface area contributed by atoms with Gasteiger partial charge in [0.05, 0.1) is 12.1 Å². The number of carbonyl (C=O) groups is 1. The van der Waals surface area contributed by atoms with E-state index in [1.54, 1.807) is 6.92 Å². The number of hydroxylamine groups is 1. The van der Waals surface area contributed by atoms with Crippen molar-refractivity contribution in [1.82, 2.24) is 5.48 Å². The molecule has 0 spiro atoms. The van der Waals surface area contributed by atoms with Crippen LogP contribution in [0.3, 0.4) is 0 Å². The molecule has 0 aliphatic heterocycles. The zero-order chi connectivity index (χ0) is 7.40. The normalized spacial score (nSPS) is 21.7. The summed E-state index contributed by atoms with van der Waals surface area (Å²) in [5.41, 5.74) is 2.67. The van der Waals surface area contributed by atoms with Crippen LogP contribution < -0.4 is 5.48 Å². The number of nitrogens with one attached hydrogen (secondary N) is 1. The third kappa shape index (κ3) is 2.08. The average molecular weight is 143 g/mol. The summed E-state index contributed by atoms with van der Waals surface area (Å²) in [6.07, 6.45) is 4.68. The van der Waals surface area contributed by atoms with Crippen molar-refractivity contribution in [3.63, 3.8) is 0 Å². The molecular weight excluding hydrogens is 130 g/mol. The predicted molar refractivity (Wildman–Crippen MR) is 37.4 cm³/mol. The van der Waals surface area contributed by atoms with Crippen LogP contribution in [0.4, 0.5) is 0 Å². The van der Waals surface area contributed by atoms with E-state index in [-0.39, 0.29) is 6.04 Å². The van der Waals surface area contributed by atoms with Gasteiger partial charge in [0.15, 0.2) is 0 Å². The Labute approximate surface area is 60.7 Å². The van der Waals surface area contributed by atoms with Crippen LogP contribution in [0.5, 0.6) is 0 Å². The Morgan fingerprint density at radius 2 is 2.40 bits per heavy atom. The van der Waals surface area contributed by atoms with E-state index in [9.17, 15) is 4.79 Å². The topological polar surface area (TPSA) is 38.3 Å². The summed E-state index contributed by atoms with van der Waals surface area (Å²) in [6, 6.07) is -0.180. The first-order valence-corrected chi connectivity index (χ1v) is 3.69. The molecule has 3 nitrogen and oxygen atoms in total. The monoisotopic (exact) mass is 143 g/mol. The molecule has 1 aliphatic rings. The lowest BCUT2D eigenvalue weighted by Gasteiger charge is -2.25. The van der Waals surface area contributed by atoms with Crippen molar-refractivity contribution in [2.45, 2.75) is 38.3 Å². The first-order valence-electron chi connectivity index (χ1n) is 3.69. The molecule has 0 aromatic carbocycles. The zero-order valence-corrected chi connectivity index (χ0v) is 6.17. The first kappa shape index (κ1) is 7.69. The Hall–Kier alpha value is -0.410. The summed E-state index contributed by atoms with van der Waals surface area (Å²) < 4.78 is 0. The van der Waals surface area contributed by atoms with Gasteiger partial charge in [-0.1, -0.05) is 0 Å². The van der Waals surface area contributed by atoms with Crippen molar-refractivity contribution < 1.29 is 9.63 Å². The van der Waals surface area contributed by atoms with Crippen LogP contribution >= 0.6 is 0 Å². The molecule has 0 bridgehead atoms. The Balaban J connectivity index is 1.98. The highest BCUT2D eigenvalue weighted by atomic mass is 16.7. The maximum atomic E-state index is 10.1. The molecule has 1 aliphatic carbocycles. The highest BCUT2D eigenvalue weighted by Gasteiger charge is 2.18. The van der Waals surface area contributed by atoms with Gasteiger partial charge in [0.2, 0.25) is 0 Å². The van der Waals surface area contributed by atoms with Crippen LogP contribution in [0.1, 0.15) is 26.2 Å². The number of hydrogen-bond donors (Lipinski definition) is 1. The molecule has 0 aromatic rings. The molecule has 58 valence electrons. The van der Waals surface area contributed by atoms with E-state index in [0.717, 1.165) is 19.1 Å². The van der Waals surface area contributed by atoms with Gasteiger partial charge in [-0.2, -0.15) is 5.48 Å². The second-order valence-corrected chi connectivity index (χ2v) is 2.71. The minimum Gasteiger partial charge on any atom is -0.302 e. The van der Waals surface area contributed by atoms with Crippen LogP contribution in [-0.4, -0.2) is 18.4 Å². The number of rotatable bonds is 4. The Bertz CT molecular complexity index is 112. The van der Waals surface area contributed by atoms with E-state index in [1.807, 2.05) is 0 Å². The molecular formula is C7H13NO2. The highest BCUT2D eigenvalue weighted by molar-refractivity contribution is 5.56. The van der Waals surface area contributed by atoms with Crippen molar-refractivity contribution in [1.29, 1.82) is 0 Å². The molecule has 3 heteroatoms. The van der Waals surface area contributed by atoms with Crippen LogP contribution in [0.2, 0.25) is 0 Å². The van der Waals surface area contributed by atoms with E-state index >= 15 is 0 Å². The maximum absolute atomic E-state index is 10.1. The minimum absolute atomic E-state index is 0.180. The summed E-state index contributed by atoms with van der Waals surface area (Å²) in [7, 11) is 0. The van der Waals surface area contributed by atoms with E-state index in [4.69, 9.17) is 4.84 Å². The van der Waals surface area contributed by atoms with E-state index in [2.05, 4.69) is 5.48 Å². The lowest BCUT2D eigenvalue weighted by atomic mass is 9.97. The fraction of sp³-hybridized carbons (Fsp3) is 0.857. The van der Waals surface area contributed by atoms with E-state index < -0.39 is 0 Å². The number of hydrogen-bond acceptors (Lipinski definition) is 3. The third-order valence-corrected chi connectivity index (χ3v) is 1.68. The van der Waals surface area contributed by atoms with Crippen molar-refractivity contribution in [3.8, 4) is 0 Å². The van der Waals surface area contributed by atoms with Gasteiger partial charge < -0.3 is 4.79 Å². The molecule has 0 aromatic heterocycles. The van der Waals surface area contributed by atoms with Gasteiger partial charge in [-0.05, 0) is 26.2 Å². The van der Waals surface area contributed by atoms with Gasteiger partial charge in [-0.25, -0.2) is 0 Å². The highest BCUT2D eigenvalue weighted by Crippen LogP contribution is 2.20. The molecule has 0 unspecified atom stereocenters. The van der Waals surface area contributed by atoms with Gasteiger partial charge in [0, 0.05) is 0 Å². The molecule has 1 N–H and O–H groups in total. The van der Waals surface area contributed by atoms with E-state index in [1.165, 1.54) is 6.42 Å². The Morgan fingerprint density at radius 3 is 2.80 bits per heavy atom. The van der Waals surface area contributed by atoms with Crippen LogP contribution in [0.15, 0.2) is 0 Å². The Morgan fingerprint density at radius 1 is 1.70 bits per heavy atom. The quantitative estimate of drug-likeness (QED) is 0.464.